The molecule has 1 N–H and O–H groups in total. The fourth-order valence-electron chi connectivity index (χ4n) is 1.55. The van der Waals surface area contributed by atoms with Gasteiger partial charge in [0.05, 0.1) is 17.4 Å². The lowest BCUT2D eigenvalue weighted by Gasteiger charge is -2.03. The maximum Gasteiger partial charge on any atom is 0.209 e. The molecule has 0 radical (unpaired) electrons. The van der Waals surface area contributed by atoms with E-state index in [0.29, 0.717) is 10.8 Å². The average molecular weight is 326 g/mol. The standard InChI is InChI=1S/C10H6BrClN6/c11-9-8(10-14-16-17-15-10)5-13-18(9)7-3-1-2-6(12)4-7/h1-5H,(H,14,15,16,17). The van der Waals surface area contributed by atoms with Gasteiger partial charge in [0.15, 0.2) is 0 Å². The number of nitrogens with zero attached hydrogens (tertiary/aromatic N) is 5. The second-order valence-corrected chi connectivity index (χ2v) is 4.66. The van der Waals surface area contributed by atoms with Crippen molar-refractivity contribution >= 4 is 27.5 Å². The van der Waals surface area contributed by atoms with Gasteiger partial charge in [-0.15, -0.1) is 10.2 Å². The summed E-state index contributed by atoms with van der Waals surface area (Å²) in [6.07, 6.45) is 1.66. The van der Waals surface area contributed by atoms with Gasteiger partial charge in [0.2, 0.25) is 5.82 Å². The zero-order valence-electron chi connectivity index (χ0n) is 8.88. The van der Waals surface area contributed by atoms with E-state index in [4.69, 9.17) is 11.6 Å². The second kappa shape index (κ2) is 4.51. The van der Waals surface area contributed by atoms with Gasteiger partial charge in [-0.1, -0.05) is 17.7 Å². The van der Waals surface area contributed by atoms with Crippen LogP contribution in [0.1, 0.15) is 0 Å². The molecule has 0 aliphatic rings. The van der Waals surface area contributed by atoms with Crippen molar-refractivity contribution in [2.75, 3.05) is 0 Å². The summed E-state index contributed by atoms with van der Waals surface area (Å²) < 4.78 is 2.45. The predicted molar refractivity (Wildman–Crippen MR) is 69.4 cm³/mol. The number of benzene rings is 1. The number of tetrazole rings is 1. The van der Waals surface area contributed by atoms with E-state index in [0.717, 1.165) is 15.9 Å². The lowest BCUT2D eigenvalue weighted by Crippen LogP contribution is -1.96. The fraction of sp³-hybridized carbons (Fsp3) is 0. The highest BCUT2D eigenvalue weighted by Crippen LogP contribution is 2.27. The summed E-state index contributed by atoms with van der Waals surface area (Å²) in [4.78, 5) is 0. The van der Waals surface area contributed by atoms with Crippen LogP contribution in [0.25, 0.3) is 17.1 Å². The van der Waals surface area contributed by atoms with E-state index in [1.165, 1.54) is 0 Å². The number of aromatic amines is 1. The second-order valence-electron chi connectivity index (χ2n) is 3.48. The number of H-pyrrole nitrogens is 1. The molecule has 8 heteroatoms. The first-order chi connectivity index (χ1) is 8.75. The van der Waals surface area contributed by atoms with E-state index in [-0.39, 0.29) is 0 Å². The van der Waals surface area contributed by atoms with Crippen LogP contribution in [0.2, 0.25) is 5.02 Å². The van der Waals surface area contributed by atoms with Crippen molar-refractivity contribution in [1.82, 2.24) is 30.4 Å². The quantitative estimate of drug-likeness (QED) is 0.785. The fourth-order valence-corrected chi connectivity index (χ4v) is 2.31. The molecule has 0 saturated heterocycles. The molecule has 0 saturated carbocycles. The van der Waals surface area contributed by atoms with Gasteiger partial charge in [-0.25, -0.2) is 4.68 Å². The molecule has 0 unspecified atom stereocenters. The first-order valence-corrected chi connectivity index (χ1v) is 6.16. The number of nitrogens with one attached hydrogen (secondary N) is 1. The molecule has 90 valence electrons. The largest absolute Gasteiger partial charge is 0.226 e. The smallest absolute Gasteiger partial charge is 0.209 e. The molecule has 0 fully saturated rings. The van der Waals surface area contributed by atoms with Gasteiger partial charge in [0, 0.05) is 5.02 Å². The summed E-state index contributed by atoms with van der Waals surface area (Å²) in [6, 6.07) is 7.39. The van der Waals surface area contributed by atoms with Gasteiger partial charge in [0.1, 0.15) is 4.60 Å². The van der Waals surface area contributed by atoms with Crippen LogP contribution in [-0.2, 0) is 0 Å². The summed E-state index contributed by atoms with van der Waals surface area (Å²) in [5.41, 5.74) is 1.60. The maximum absolute atomic E-state index is 5.96. The molecule has 0 spiro atoms. The molecule has 2 aromatic heterocycles. The van der Waals surface area contributed by atoms with Gasteiger partial charge in [-0.3, -0.25) is 0 Å². The Balaban J connectivity index is 2.10. The molecule has 2 heterocycles. The van der Waals surface area contributed by atoms with Crippen LogP contribution in [-0.4, -0.2) is 30.4 Å². The lowest BCUT2D eigenvalue weighted by molar-refractivity contribution is 0.861. The number of rotatable bonds is 2. The molecule has 0 aliphatic carbocycles. The van der Waals surface area contributed by atoms with Crippen molar-refractivity contribution in [3.05, 3.63) is 40.1 Å². The van der Waals surface area contributed by atoms with Crippen molar-refractivity contribution in [1.29, 1.82) is 0 Å². The summed E-state index contributed by atoms with van der Waals surface area (Å²) in [6.45, 7) is 0. The number of halogens is 2. The van der Waals surface area contributed by atoms with Crippen molar-refractivity contribution in [2.24, 2.45) is 0 Å². The molecule has 6 nitrogen and oxygen atoms in total. The van der Waals surface area contributed by atoms with E-state index in [1.54, 1.807) is 10.9 Å². The summed E-state index contributed by atoms with van der Waals surface area (Å²) >= 11 is 9.43. The highest BCUT2D eigenvalue weighted by molar-refractivity contribution is 9.10. The van der Waals surface area contributed by atoms with Gasteiger partial charge >= 0.3 is 0 Å². The Morgan fingerprint density at radius 2 is 2.22 bits per heavy atom. The average Bonchev–Trinajstić information content (AvgIpc) is 2.97. The number of hydrogen-bond donors (Lipinski definition) is 1. The Hall–Kier alpha value is -1.73. The van der Waals surface area contributed by atoms with Gasteiger partial charge in [-0.05, 0) is 39.3 Å². The summed E-state index contributed by atoms with van der Waals surface area (Å²) in [7, 11) is 0. The normalized spacial score (nSPS) is 10.8. The molecule has 0 amide bonds. The van der Waals surface area contributed by atoms with Crippen LogP contribution in [0.5, 0.6) is 0 Å². The Bertz CT molecular complexity index is 678. The predicted octanol–water partition coefficient (Wildman–Crippen LogP) is 2.47. The lowest BCUT2D eigenvalue weighted by atomic mass is 10.3. The third-order valence-electron chi connectivity index (χ3n) is 2.35. The number of aromatic nitrogens is 6. The van der Waals surface area contributed by atoms with E-state index in [9.17, 15) is 0 Å². The molecule has 0 atom stereocenters. The van der Waals surface area contributed by atoms with Crippen molar-refractivity contribution < 1.29 is 0 Å². The Morgan fingerprint density at radius 3 is 2.94 bits per heavy atom. The molecule has 18 heavy (non-hydrogen) atoms. The molecule has 0 aliphatic heterocycles. The minimum atomic E-state index is 0.482. The van der Waals surface area contributed by atoms with Crippen LogP contribution >= 0.6 is 27.5 Å². The molecule has 0 bridgehead atoms. The molecule has 3 aromatic rings. The van der Waals surface area contributed by atoms with Crippen molar-refractivity contribution in [3.8, 4) is 17.1 Å². The van der Waals surface area contributed by atoms with Gasteiger partial charge in [-0.2, -0.15) is 10.3 Å². The van der Waals surface area contributed by atoms with Crippen LogP contribution in [0.3, 0.4) is 0 Å². The minimum absolute atomic E-state index is 0.482. The van der Waals surface area contributed by atoms with Gasteiger partial charge in [0.25, 0.3) is 0 Å². The first-order valence-electron chi connectivity index (χ1n) is 4.99. The highest BCUT2D eigenvalue weighted by Gasteiger charge is 2.14. The molecular weight excluding hydrogens is 320 g/mol. The topological polar surface area (TPSA) is 72.3 Å². The highest BCUT2D eigenvalue weighted by atomic mass is 79.9. The Kier molecular flexibility index (Phi) is 2.85. The van der Waals surface area contributed by atoms with Crippen LogP contribution < -0.4 is 0 Å². The van der Waals surface area contributed by atoms with Crippen molar-refractivity contribution in [2.45, 2.75) is 0 Å². The number of hydrogen-bond acceptors (Lipinski definition) is 4. The van der Waals surface area contributed by atoms with E-state index < -0.39 is 0 Å². The summed E-state index contributed by atoms with van der Waals surface area (Å²) in [5, 5.41) is 18.7. The van der Waals surface area contributed by atoms with Crippen LogP contribution in [0, 0.1) is 0 Å². The van der Waals surface area contributed by atoms with Gasteiger partial charge < -0.3 is 0 Å². The third-order valence-corrected chi connectivity index (χ3v) is 3.35. The zero-order valence-corrected chi connectivity index (χ0v) is 11.2. The van der Waals surface area contributed by atoms with Crippen LogP contribution in [0.4, 0.5) is 0 Å². The first kappa shape index (κ1) is 11.4. The van der Waals surface area contributed by atoms with E-state index >= 15 is 0 Å². The van der Waals surface area contributed by atoms with E-state index in [1.807, 2.05) is 24.3 Å². The maximum atomic E-state index is 5.96. The molecule has 1 aromatic carbocycles. The third kappa shape index (κ3) is 1.91. The Labute approximate surface area is 115 Å². The SMILES string of the molecule is Clc1cccc(-n2ncc(-c3nn[nH]n3)c2Br)c1. The molecule has 3 rings (SSSR count). The monoisotopic (exact) mass is 324 g/mol. The van der Waals surface area contributed by atoms with Crippen molar-refractivity contribution in [3.63, 3.8) is 0 Å². The molecular formula is C10H6BrClN6. The summed E-state index contributed by atoms with van der Waals surface area (Å²) in [5.74, 6) is 0.482. The van der Waals surface area contributed by atoms with Crippen LogP contribution in [0.15, 0.2) is 35.1 Å². The van der Waals surface area contributed by atoms with E-state index in [2.05, 4.69) is 41.7 Å². The zero-order chi connectivity index (χ0) is 12.5. The minimum Gasteiger partial charge on any atom is -0.226 e. The Morgan fingerprint density at radius 1 is 1.33 bits per heavy atom.